The van der Waals surface area contributed by atoms with Gasteiger partial charge in [-0.05, 0) is 31.4 Å². The Balaban J connectivity index is 3.29. The number of likely N-dealkylation sites (N-methyl/N-ethyl adjacent to an activating group) is 1. The number of nitrogens with one attached hydrogen (secondary N) is 2. The van der Waals surface area contributed by atoms with Crippen LogP contribution in [0.3, 0.4) is 0 Å². The highest BCUT2D eigenvalue weighted by Gasteiger charge is 2.56. The third kappa shape index (κ3) is 3.76. The van der Waals surface area contributed by atoms with Crippen LogP contribution in [0.25, 0.3) is 0 Å². The van der Waals surface area contributed by atoms with Crippen molar-refractivity contribution in [2.24, 2.45) is 11.8 Å². The van der Waals surface area contributed by atoms with Gasteiger partial charge >= 0.3 is 0 Å². The lowest BCUT2D eigenvalue weighted by molar-refractivity contribution is -0.121. The minimum atomic E-state index is -0.601. The van der Waals surface area contributed by atoms with Gasteiger partial charge in [0.15, 0.2) is 0 Å². The van der Waals surface area contributed by atoms with E-state index >= 15 is 0 Å². The number of amides is 1. The first kappa shape index (κ1) is 18.0. The van der Waals surface area contributed by atoms with Crippen LogP contribution in [0.2, 0.25) is 0 Å². The van der Waals surface area contributed by atoms with E-state index in [0.717, 1.165) is 6.42 Å². The normalized spacial score (nSPS) is 32.3. The fourth-order valence-corrected chi connectivity index (χ4v) is 3.48. The Morgan fingerprint density at radius 3 is 2.43 bits per heavy atom. The highest BCUT2D eigenvalue weighted by molar-refractivity contribution is 5.74. The molecule has 0 radical (unpaired) electrons. The van der Waals surface area contributed by atoms with Gasteiger partial charge in [-0.25, -0.2) is 0 Å². The van der Waals surface area contributed by atoms with E-state index < -0.39 is 5.54 Å². The van der Waals surface area contributed by atoms with E-state index in [2.05, 4.69) is 50.6 Å². The van der Waals surface area contributed by atoms with Gasteiger partial charge in [-0.3, -0.25) is 4.79 Å². The third-order valence-electron chi connectivity index (χ3n) is 4.03. The van der Waals surface area contributed by atoms with Crippen molar-refractivity contribution in [3.8, 4) is 0 Å². The zero-order valence-corrected chi connectivity index (χ0v) is 14.2. The molecule has 1 amide bonds. The minimum absolute atomic E-state index is 0.00505. The number of rotatable bonds is 6. The van der Waals surface area contributed by atoms with Crippen LogP contribution in [0.1, 0.15) is 41.0 Å². The number of carbonyl (C=O) groups excluding carboxylic acids is 1. The molecule has 4 nitrogen and oxygen atoms in total. The quantitative estimate of drug-likeness (QED) is 0.739. The average molecular weight is 294 g/mol. The third-order valence-corrected chi connectivity index (χ3v) is 4.03. The van der Waals surface area contributed by atoms with Gasteiger partial charge in [0.1, 0.15) is 5.54 Å². The number of hydrogen-bond donors (Lipinski definition) is 2. The van der Waals surface area contributed by atoms with Gasteiger partial charge in [-0.1, -0.05) is 34.3 Å². The van der Waals surface area contributed by atoms with E-state index in [0.29, 0.717) is 5.92 Å². The van der Waals surface area contributed by atoms with Crippen LogP contribution in [0.5, 0.6) is 0 Å². The van der Waals surface area contributed by atoms with E-state index in [4.69, 9.17) is 4.74 Å². The molecule has 4 atom stereocenters. The van der Waals surface area contributed by atoms with Crippen LogP contribution >= 0.6 is 0 Å². The van der Waals surface area contributed by atoms with Crippen molar-refractivity contribution in [3.63, 3.8) is 0 Å². The minimum Gasteiger partial charge on any atom is -0.370 e. The van der Waals surface area contributed by atoms with Crippen molar-refractivity contribution in [2.45, 2.75) is 64.8 Å². The zero-order chi connectivity index (χ0) is 16.2. The monoisotopic (exact) mass is 294 g/mol. The Morgan fingerprint density at radius 1 is 1.43 bits per heavy atom. The van der Waals surface area contributed by atoms with Crippen LogP contribution in [0.15, 0.2) is 18.4 Å². The highest BCUT2D eigenvalue weighted by Crippen LogP contribution is 2.38. The molecule has 1 heterocycles. The molecule has 21 heavy (non-hydrogen) atoms. The second kappa shape index (κ2) is 7.26. The van der Waals surface area contributed by atoms with Gasteiger partial charge in [-0.15, -0.1) is 5.73 Å². The topological polar surface area (TPSA) is 50.4 Å². The molecule has 1 fully saturated rings. The van der Waals surface area contributed by atoms with Crippen molar-refractivity contribution >= 4 is 5.91 Å². The van der Waals surface area contributed by atoms with Gasteiger partial charge < -0.3 is 15.4 Å². The Labute approximate surface area is 129 Å². The Morgan fingerprint density at radius 2 is 2.05 bits per heavy atom. The molecule has 1 unspecified atom stereocenters. The van der Waals surface area contributed by atoms with Crippen LogP contribution in [-0.2, 0) is 9.53 Å². The van der Waals surface area contributed by atoms with Gasteiger partial charge in [-0.2, -0.15) is 0 Å². The van der Waals surface area contributed by atoms with E-state index in [1.807, 2.05) is 13.1 Å². The predicted octanol–water partition coefficient (Wildman–Crippen LogP) is 2.26. The second-order valence-electron chi connectivity index (χ2n) is 6.70. The molecule has 1 saturated heterocycles. The Kier molecular flexibility index (Phi) is 6.21. The van der Waals surface area contributed by atoms with E-state index in [9.17, 15) is 4.79 Å². The Hall–Kier alpha value is -1.09. The van der Waals surface area contributed by atoms with Crippen LogP contribution in [0.4, 0.5) is 0 Å². The maximum Gasteiger partial charge on any atom is 0.217 e. The van der Waals surface area contributed by atoms with Gasteiger partial charge in [0.25, 0.3) is 0 Å². The molecule has 4 heteroatoms. The highest BCUT2D eigenvalue weighted by atomic mass is 16.5. The Bertz CT molecular complexity index is 413. The SMILES string of the molecule is C=C=CC1(NC(C)=O)[C@H](C(C)C)O[C@H](CC(C)C)[C@@H]1NC. The molecular weight excluding hydrogens is 264 g/mol. The molecule has 0 spiro atoms. The summed E-state index contributed by atoms with van der Waals surface area (Å²) in [5.74, 6) is 0.732. The molecule has 1 aliphatic rings. The largest absolute Gasteiger partial charge is 0.370 e. The average Bonchev–Trinajstić information content (AvgIpc) is 2.61. The molecule has 0 aliphatic carbocycles. The van der Waals surface area contributed by atoms with Crippen molar-refractivity contribution in [2.75, 3.05) is 7.05 Å². The summed E-state index contributed by atoms with van der Waals surface area (Å²) in [6, 6.07) is 0.00505. The molecule has 0 aromatic rings. The van der Waals surface area contributed by atoms with Gasteiger partial charge in [0.2, 0.25) is 5.91 Å². The van der Waals surface area contributed by atoms with Crippen LogP contribution < -0.4 is 10.6 Å². The molecule has 2 N–H and O–H groups in total. The number of carbonyl (C=O) groups is 1. The maximum absolute atomic E-state index is 11.8. The first-order chi connectivity index (χ1) is 9.78. The lowest BCUT2D eigenvalue weighted by Crippen LogP contribution is -2.64. The first-order valence-corrected chi connectivity index (χ1v) is 7.77. The molecule has 1 rings (SSSR count). The lowest BCUT2D eigenvalue weighted by Gasteiger charge is -2.38. The van der Waals surface area contributed by atoms with Crippen LogP contribution in [-0.4, -0.2) is 36.7 Å². The summed E-state index contributed by atoms with van der Waals surface area (Å²) in [6.45, 7) is 13.8. The van der Waals surface area contributed by atoms with Crippen molar-refractivity contribution in [3.05, 3.63) is 18.4 Å². The molecule has 0 aromatic heterocycles. The summed E-state index contributed by atoms with van der Waals surface area (Å²) in [6.07, 6.45) is 2.76. The summed E-state index contributed by atoms with van der Waals surface area (Å²) < 4.78 is 6.33. The van der Waals surface area contributed by atoms with E-state index in [-0.39, 0.29) is 30.1 Å². The van der Waals surface area contributed by atoms with Gasteiger partial charge in [0.05, 0.1) is 18.2 Å². The summed E-state index contributed by atoms with van der Waals surface area (Å²) in [7, 11) is 1.91. The van der Waals surface area contributed by atoms with E-state index in [1.165, 1.54) is 0 Å². The second-order valence-corrected chi connectivity index (χ2v) is 6.70. The molecule has 120 valence electrons. The predicted molar refractivity (Wildman–Crippen MR) is 86.1 cm³/mol. The fourth-order valence-electron chi connectivity index (χ4n) is 3.48. The summed E-state index contributed by atoms with van der Waals surface area (Å²) in [5.41, 5.74) is 2.27. The maximum atomic E-state index is 11.8. The van der Waals surface area contributed by atoms with Crippen molar-refractivity contribution in [1.82, 2.24) is 10.6 Å². The first-order valence-electron chi connectivity index (χ1n) is 7.77. The molecule has 1 aliphatic heterocycles. The summed E-state index contributed by atoms with van der Waals surface area (Å²) in [4.78, 5) is 11.8. The molecule has 0 bridgehead atoms. The molecule has 0 aromatic carbocycles. The number of ether oxygens (including phenoxy) is 1. The van der Waals surface area contributed by atoms with Crippen molar-refractivity contribution < 1.29 is 9.53 Å². The molecule has 0 saturated carbocycles. The number of hydrogen-bond acceptors (Lipinski definition) is 3. The van der Waals surface area contributed by atoms with Crippen molar-refractivity contribution in [1.29, 1.82) is 0 Å². The molecular formula is C17H30N2O2. The van der Waals surface area contributed by atoms with Gasteiger partial charge in [0, 0.05) is 6.92 Å². The summed E-state index contributed by atoms with van der Waals surface area (Å²) >= 11 is 0. The zero-order valence-electron chi connectivity index (χ0n) is 14.2. The standard InChI is InChI=1S/C17H30N2O2/c1-8-9-17(19-13(6)20)15(18-7)14(10-11(2)3)21-16(17)12(4)5/h9,11-12,14-16,18H,1,10H2,2-7H3,(H,19,20)/t14-,15+,16+,17?/m1/s1. The van der Waals surface area contributed by atoms with E-state index in [1.54, 1.807) is 6.92 Å². The lowest BCUT2D eigenvalue weighted by atomic mass is 9.79. The fraction of sp³-hybridized carbons (Fsp3) is 0.765. The summed E-state index contributed by atoms with van der Waals surface area (Å²) in [5, 5.41) is 6.45. The smallest absolute Gasteiger partial charge is 0.217 e. The van der Waals surface area contributed by atoms with Crippen LogP contribution in [0, 0.1) is 11.8 Å².